The summed E-state index contributed by atoms with van der Waals surface area (Å²) in [7, 11) is 0. The van der Waals surface area contributed by atoms with Crippen LogP contribution in [0.1, 0.15) is 18.4 Å². The number of anilines is 2. The Kier molecular flexibility index (Phi) is 3.11. The minimum Gasteiger partial charge on any atom is -0.383 e. The van der Waals surface area contributed by atoms with Gasteiger partial charge in [0, 0.05) is 24.0 Å². The number of aromatic nitrogens is 1. The van der Waals surface area contributed by atoms with Crippen LogP contribution in [0, 0.1) is 0 Å². The quantitative estimate of drug-likeness (QED) is 0.854. The average Bonchev–Trinajstić information content (AvgIpc) is 2.95. The Balaban J connectivity index is 2.23. The fourth-order valence-corrected chi connectivity index (χ4v) is 2.85. The van der Waals surface area contributed by atoms with E-state index in [0.717, 1.165) is 30.9 Å². The summed E-state index contributed by atoms with van der Waals surface area (Å²) in [6.45, 7) is 5.97. The van der Waals surface area contributed by atoms with Crippen LogP contribution in [0.5, 0.6) is 0 Å². The van der Waals surface area contributed by atoms with Crippen LogP contribution in [0.4, 0.5) is 11.6 Å². The van der Waals surface area contributed by atoms with E-state index in [1.807, 2.05) is 6.08 Å². The Hall–Kier alpha value is -2.03. The predicted molar refractivity (Wildman–Crippen MR) is 81.5 cm³/mol. The zero-order valence-electron chi connectivity index (χ0n) is 11.1. The largest absolute Gasteiger partial charge is 0.383 e. The number of nitrogens with zero attached hydrogens (tertiary/aromatic N) is 2. The fourth-order valence-electron chi connectivity index (χ4n) is 2.85. The second-order valence-electron chi connectivity index (χ2n) is 5.03. The zero-order valence-corrected chi connectivity index (χ0v) is 11.1. The second-order valence-corrected chi connectivity index (χ2v) is 5.03. The SMILES string of the molecule is C=CCc1c(N)nc(N2CCCC2)c2ccccc12. The molecule has 0 atom stereocenters. The average molecular weight is 253 g/mol. The maximum atomic E-state index is 6.16. The summed E-state index contributed by atoms with van der Waals surface area (Å²) < 4.78 is 0. The van der Waals surface area contributed by atoms with Crippen molar-refractivity contribution in [3.63, 3.8) is 0 Å². The molecule has 1 fully saturated rings. The molecule has 0 radical (unpaired) electrons. The van der Waals surface area contributed by atoms with E-state index in [2.05, 4.69) is 40.7 Å². The van der Waals surface area contributed by atoms with Crippen molar-refractivity contribution in [3.05, 3.63) is 42.5 Å². The lowest BCUT2D eigenvalue weighted by atomic mass is 10.0. The van der Waals surface area contributed by atoms with Crippen molar-refractivity contribution in [3.8, 4) is 0 Å². The van der Waals surface area contributed by atoms with Crippen molar-refractivity contribution >= 4 is 22.4 Å². The first-order valence-corrected chi connectivity index (χ1v) is 6.84. The lowest BCUT2D eigenvalue weighted by Gasteiger charge is -2.20. The summed E-state index contributed by atoms with van der Waals surface area (Å²) in [5.41, 5.74) is 7.25. The standard InChI is InChI=1S/C16H19N3/c1-2-7-13-12-8-3-4-9-14(12)16(18-15(13)17)19-10-5-6-11-19/h2-4,8-9H,1,5-7,10-11H2,(H2,17,18). The van der Waals surface area contributed by atoms with E-state index in [-0.39, 0.29) is 0 Å². The molecule has 1 aliphatic rings. The molecule has 0 saturated carbocycles. The minimum atomic E-state index is 0.639. The third-order valence-electron chi connectivity index (χ3n) is 3.78. The van der Waals surface area contributed by atoms with Crippen molar-refractivity contribution in [2.24, 2.45) is 0 Å². The van der Waals surface area contributed by atoms with Crippen molar-refractivity contribution in [2.75, 3.05) is 23.7 Å². The molecule has 2 N–H and O–H groups in total. The van der Waals surface area contributed by atoms with Gasteiger partial charge in [0.2, 0.25) is 0 Å². The maximum Gasteiger partial charge on any atom is 0.138 e. The van der Waals surface area contributed by atoms with E-state index in [1.165, 1.54) is 23.6 Å². The van der Waals surface area contributed by atoms with E-state index in [0.29, 0.717) is 5.82 Å². The van der Waals surface area contributed by atoms with Crippen LogP contribution in [-0.2, 0) is 6.42 Å². The van der Waals surface area contributed by atoms with Crippen LogP contribution < -0.4 is 10.6 Å². The van der Waals surface area contributed by atoms with Gasteiger partial charge in [-0.15, -0.1) is 6.58 Å². The molecule has 0 aliphatic carbocycles. The highest BCUT2D eigenvalue weighted by atomic mass is 15.2. The monoisotopic (exact) mass is 253 g/mol. The zero-order chi connectivity index (χ0) is 13.2. The fraction of sp³-hybridized carbons (Fsp3) is 0.312. The normalized spacial score (nSPS) is 15.1. The van der Waals surface area contributed by atoms with Crippen molar-refractivity contribution < 1.29 is 0 Å². The van der Waals surface area contributed by atoms with Crippen LogP contribution >= 0.6 is 0 Å². The van der Waals surface area contributed by atoms with Gasteiger partial charge in [-0.05, 0) is 24.6 Å². The summed E-state index contributed by atoms with van der Waals surface area (Å²) in [6, 6.07) is 8.40. The third kappa shape index (κ3) is 2.05. The smallest absolute Gasteiger partial charge is 0.138 e. The summed E-state index contributed by atoms with van der Waals surface area (Å²) in [5.74, 6) is 1.68. The molecule has 19 heavy (non-hydrogen) atoms. The molecule has 1 saturated heterocycles. The summed E-state index contributed by atoms with van der Waals surface area (Å²) >= 11 is 0. The van der Waals surface area contributed by atoms with Crippen LogP contribution in [0.3, 0.4) is 0 Å². The summed E-state index contributed by atoms with van der Waals surface area (Å²) in [4.78, 5) is 7.00. The highest BCUT2D eigenvalue weighted by molar-refractivity contribution is 5.97. The van der Waals surface area contributed by atoms with Gasteiger partial charge in [0.15, 0.2) is 0 Å². The van der Waals surface area contributed by atoms with Gasteiger partial charge in [0.1, 0.15) is 11.6 Å². The lowest BCUT2D eigenvalue weighted by molar-refractivity contribution is 0.945. The van der Waals surface area contributed by atoms with Gasteiger partial charge < -0.3 is 10.6 Å². The Morgan fingerprint density at radius 1 is 1.21 bits per heavy atom. The molecule has 1 aromatic heterocycles. The molecule has 0 unspecified atom stereocenters. The highest BCUT2D eigenvalue weighted by Crippen LogP contribution is 2.32. The molecule has 0 amide bonds. The Morgan fingerprint density at radius 2 is 1.89 bits per heavy atom. The molecule has 3 heteroatoms. The van der Waals surface area contributed by atoms with Crippen molar-refractivity contribution in [2.45, 2.75) is 19.3 Å². The lowest BCUT2D eigenvalue weighted by Crippen LogP contribution is -2.20. The van der Waals surface area contributed by atoms with Crippen LogP contribution in [0.15, 0.2) is 36.9 Å². The number of benzene rings is 1. The molecule has 98 valence electrons. The van der Waals surface area contributed by atoms with Crippen LogP contribution in [0.25, 0.3) is 10.8 Å². The maximum absolute atomic E-state index is 6.16. The number of nitrogen functional groups attached to an aromatic ring is 1. The van der Waals surface area contributed by atoms with E-state index in [4.69, 9.17) is 5.73 Å². The molecule has 1 aromatic carbocycles. The first-order valence-electron chi connectivity index (χ1n) is 6.84. The molecule has 2 heterocycles. The Morgan fingerprint density at radius 3 is 2.58 bits per heavy atom. The number of hydrogen-bond acceptors (Lipinski definition) is 3. The van der Waals surface area contributed by atoms with E-state index >= 15 is 0 Å². The summed E-state index contributed by atoms with van der Waals surface area (Å²) in [6.07, 6.45) is 5.13. The van der Waals surface area contributed by atoms with Crippen molar-refractivity contribution in [1.82, 2.24) is 4.98 Å². The Bertz CT molecular complexity index is 613. The number of fused-ring (bicyclic) bond motifs is 1. The van der Waals surface area contributed by atoms with Crippen LogP contribution in [-0.4, -0.2) is 18.1 Å². The molecule has 0 spiro atoms. The van der Waals surface area contributed by atoms with E-state index < -0.39 is 0 Å². The molecular weight excluding hydrogens is 234 g/mol. The predicted octanol–water partition coefficient (Wildman–Crippen LogP) is 3.15. The van der Waals surface area contributed by atoms with Gasteiger partial charge in [-0.2, -0.15) is 0 Å². The first-order chi connectivity index (χ1) is 9.31. The van der Waals surface area contributed by atoms with Gasteiger partial charge in [0.25, 0.3) is 0 Å². The number of hydrogen-bond donors (Lipinski definition) is 1. The minimum absolute atomic E-state index is 0.639. The topological polar surface area (TPSA) is 42.1 Å². The molecule has 3 rings (SSSR count). The van der Waals surface area contributed by atoms with Gasteiger partial charge >= 0.3 is 0 Å². The summed E-state index contributed by atoms with van der Waals surface area (Å²) in [5, 5.41) is 2.41. The Labute approximate surface area is 113 Å². The number of allylic oxidation sites excluding steroid dienone is 1. The highest BCUT2D eigenvalue weighted by Gasteiger charge is 2.18. The van der Waals surface area contributed by atoms with Crippen molar-refractivity contribution in [1.29, 1.82) is 0 Å². The molecule has 0 bridgehead atoms. The number of pyridine rings is 1. The van der Waals surface area contributed by atoms with Gasteiger partial charge in [-0.1, -0.05) is 30.3 Å². The van der Waals surface area contributed by atoms with Gasteiger partial charge in [-0.3, -0.25) is 0 Å². The van der Waals surface area contributed by atoms with E-state index in [9.17, 15) is 0 Å². The first kappa shape index (κ1) is 12.0. The number of rotatable bonds is 3. The molecule has 2 aromatic rings. The molecule has 1 aliphatic heterocycles. The third-order valence-corrected chi connectivity index (χ3v) is 3.78. The second kappa shape index (κ2) is 4.92. The van der Waals surface area contributed by atoms with Crippen LogP contribution in [0.2, 0.25) is 0 Å². The van der Waals surface area contributed by atoms with E-state index in [1.54, 1.807) is 0 Å². The van der Waals surface area contributed by atoms with Gasteiger partial charge in [-0.25, -0.2) is 4.98 Å². The molecule has 3 nitrogen and oxygen atoms in total. The number of nitrogens with two attached hydrogens (primary N) is 1. The van der Waals surface area contributed by atoms with Gasteiger partial charge in [0.05, 0.1) is 0 Å². The molecular formula is C16H19N3.